The molecule has 0 amide bonds. The Morgan fingerprint density at radius 2 is 1.52 bits per heavy atom. The third-order valence-electron chi connectivity index (χ3n) is 4.68. The Morgan fingerprint density at radius 3 is 2.00 bits per heavy atom. The van der Waals surface area contributed by atoms with Gasteiger partial charge in [0.05, 0.1) is 42.8 Å². The van der Waals surface area contributed by atoms with Crippen molar-refractivity contribution in [3.05, 3.63) is 30.6 Å². The smallest absolute Gasteiger partial charge is 0.493 e. The van der Waals surface area contributed by atoms with E-state index >= 15 is 0 Å². The molecule has 0 atom stereocenters. The van der Waals surface area contributed by atoms with Gasteiger partial charge in [-0.25, -0.2) is 27.9 Å². The molecule has 0 spiro atoms. The number of aromatic nitrogens is 2. The van der Waals surface area contributed by atoms with Crippen molar-refractivity contribution in [2.45, 2.75) is 17.4 Å². The van der Waals surface area contributed by atoms with Crippen LogP contribution >= 0.6 is 0 Å². The number of carboxylic acids is 1. The molecule has 2 aromatic carbocycles. The summed E-state index contributed by atoms with van der Waals surface area (Å²) in [5.41, 5.74) is -0.000205. The molecule has 19 heteroatoms. The molecular weight excluding hydrogens is 582 g/mol. The summed E-state index contributed by atoms with van der Waals surface area (Å²) in [6.45, 7) is 0. The number of fused-ring (bicyclic) bond motifs is 1. The summed E-state index contributed by atoms with van der Waals surface area (Å²) < 4.78 is 117. The summed E-state index contributed by atoms with van der Waals surface area (Å²) in [6.07, 6.45) is -8.95. The summed E-state index contributed by atoms with van der Waals surface area (Å²) in [5, 5.41) is 10.1. The van der Waals surface area contributed by atoms with E-state index in [2.05, 4.69) is 24.7 Å². The molecule has 1 aromatic heterocycles. The summed E-state index contributed by atoms with van der Waals surface area (Å²) in [5.74, 6) is -2.79. The second kappa shape index (κ2) is 12.3. The van der Waals surface area contributed by atoms with Crippen molar-refractivity contribution in [1.82, 2.24) is 14.7 Å². The number of nitrogens with zero attached hydrogens (tertiary/aromatic N) is 2. The average Bonchev–Trinajstić information content (AvgIpc) is 2.87. The molecule has 3 rings (SSSR count). The van der Waals surface area contributed by atoms with Crippen LogP contribution in [0.15, 0.2) is 35.5 Å². The van der Waals surface area contributed by atoms with Gasteiger partial charge in [0.25, 0.3) is 0 Å². The molecule has 0 saturated heterocycles. The normalized spacial score (nSPS) is 11.8. The molecule has 3 N–H and O–H groups in total. The molecule has 40 heavy (non-hydrogen) atoms. The Labute approximate surface area is 221 Å². The quantitative estimate of drug-likeness (QED) is 0.322. The van der Waals surface area contributed by atoms with Crippen LogP contribution in [0.25, 0.3) is 10.9 Å². The van der Waals surface area contributed by atoms with Gasteiger partial charge in [-0.05, 0) is 25.2 Å². The van der Waals surface area contributed by atoms with Crippen LogP contribution in [-0.4, -0.2) is 70.4 Å². The maximum absolute atomic E-state index is 13.0. The van der Waals surface area contributed by atoms with Crippen LogP contribution in [0.1, 0.15) is 0 Å². The zero-order valence-electron chi connectivity index (χ0n) is 20.8. The van der Waals surface area contributed by atoms with Gasteiger partial charge in [0, 0.05) is 6.07 Å². The van der Waals surface area contributed by atoms with Gasteiger partial charge in [-0.1, -0.05) is 0 Å². The highest BCUT2D eigenvalue weighted by Gasteiger charge is 2.38. The molecule has 220 valence electrons. The number of aliphatic carboxylic acids is 1. The van der Waals surface area contributed by atoms with Crippen LogP contribution in [-0.2, 0) is 14.8 Å². The predicted octanol–water partition coefficient (Wildman–Crippen LogP) is 3.84. The van der Waals surface area contributed by atoms with Crippen molar-refractivity contribution >= 4 is 38.4 Å². The van der Waals surface area contributed by atoms with Gasteiger partial charge in [-0.15, -0.1) is 13.2 Å². The van der Waals surface area contributed by atoms with Crippen LogP contribution in [0.3, 0.4) is 0 Å². The van der Waals surface area contributed by atoms with Crippen molar-refractivity contribution in [2.75, 3.05) is 33.7 Å². The first kappa shape index (κ1) is 32.0. The van der Waals surface area contributed by atoms with Crippen LogP contribution in [0.4, 0.5) is 37.8 Å². The maximum atomic E-state index is 13.0. The summed E-state index contributed by atoms with van der Waals surface area (Å²) >= 11 is 0. The van der Waals surface area contributed by atoms with E-state index in [1.54, 1.807) is 0 Å². The number of carboxylic acid groups (broad SMARTS) is 1. The molecule has 0 aliphatic rings. The topological polar surface area (TPSA) is 158 Å². The lowest BCUT2D eigenvalue weighted by Gasteiger charge is -2.18. The van der Waals surface area contributed by atoms with Gasteiger partial charge in [0.15, 0.2) is 17.2 Å². The third kappa shape index (κ3) is 7.65. The largest absolute Gasteiger partial charge is 0.573 e. The Balaban J connectivity index is 0.000000708. The van der Waals surface area contributed by atoms with Crippen molar-refractivity contribution in [3.63, 3.8) is 0 Å². The number of ether oxygens (including phenoxy) is 4. The Morgan fingerprint density at radius 1 is 0.925 bits per heavy atom. The molecular formula is C21H20F6N4O8S. The third-order valence-corrected chi connectivity index (χ3v) is 6.09. The highest BCUT2D eigenvalue weighted by molar-refractivity contribution is 7.89. The van der Waals surface area contributed by atoms with E-state index in [9.17, 15) is 34.8 Å². The Kier molecular flexibility index (Phi) is 9.81. The Hall–Kier alpha value is -4.26. The van der Waals surface area contributed by atoms with E-state index in [0.29, 0.717) is 11.3 Å². The minimum Gasteiger partial charge on any atom is -0.493 e. The second-order valence-electron chi connectivity index (χ2n) is 7.10. The zero-order chi connectivity index (χ0) is 30.5. The SMILES string of the molecule is CNS(=O)(=O)c1ccc(OC(F)(F)F)c(Nc2ncnc3cc(OC)c(OC)c(OC)c23)c1.O=C(O)C(F)(F)F. The maximum Gasteiger partial charge on any atom is 0.573 e. The highest BCUT2D eigenvalue weighted by Crippen LogP contribution is 2.46. The molecule has 0 unspecified atom stereocenters. The molecule has 0 aliphatic heterocycles. The number of benzene rings is 2. The molecule has 12 nitrogen and oxygen atoms in total. The summed E-state index contributed by atoms with van der Waals surface area (Å²) in [4.78, 5) is 16.8. The monoisotopic (exact) mass is 602 g/mol. The minimum absolute atomic E-state index is 0.00355. The number of alkyl halides is 6. The number of carbonyl (C=O) groups is 1. The predicted molar refractivity (Wildman–Crippen MR) is 126 cm³/mol. The van der Waals surface area contributed by atoms with Crippen molar-refractivity contribution in [3.8, 4) is 23.0 Å². The average molecular weight is 602 g/mol. The molecule has 0 bridgehead atoms. The molecule has 0 fully saturated rings. The first-order valence-electron chi connectivity index (χ1n) is 10.3. The standard InChI is InChI=1S/C19H19F3N4O6S.C2HF3O2/c1-23-33(27,28)10-5-6-13(32-19(20,21)22)11(7-10)26-18-15-12(24-9-25-18)8-14(29-2)16(30-3)17(15)31-4;3-2(4,5)1(6)7/h5-9,23H,1-4H3,(H,24,25,26);(H,6,7). The minimum atomic E-state index is -5.08. The fourth-order valence-electron chi connectivity index (χ4n) is 3.02. The fraction of sp³-hybridized carbons (Fsp3) is 0.286. The second-order valence-corrected chi connectivity index (χ2v) is 8.99. The van der Waals surface area contributed by atoms with Crippen LogP contribution in [0.2, 0.25) is 0 Å². The van der Waals surface area contributed by atoms with Crippen molar-refractivity contribution in [1.29, 1.82) is 0 Å². The number of hydrogen-bond donors (Lipinski definition) is 3. The van der Waals surface area contributed by atoms with Crippen LogP contribution in [0, 0.1) is 0 Å². The number of nitrogens with one attached hydrogen (secondary N) is 2. The molecule has 3 aromatic rings. The number of anilines is 2. The van der Waals surface area contributed by atoms with E-state index in [1.807, 2.05) is 0 Å². The molecule has 0 saturated carbocycles. The number of rotatable bonds is 8. The van der Waals surface area contributed by atoms with Gasteiger partial charge in [-0.3, -0.25) is 0 Å². The van der Waals surface area contributed by atoms with Crippen molar-refractivity contribution < 1.29 is 63.6 Å². The zero-order valence-corrected chi connectivity index (χ0v) is 21.6. The molecule has 0 aliphatic carbocycles. The van der Waals surface area contributed by atoms with E-state index in [1.165, 1.54) is 34.4 Å². The summed E-state index contributed by atoms with van der Waals surface area (Å²) in [6, 6.07) is 4.36. The van der Waals surface area contributed by atoms with Crippen molar-refractivity contribution in [2.24, 2.45) is 0 Å². The van der Waals surface area contributed by atoms with Gasteiger partial charge < -0.3 is 29.4 Å². The number of halogens is 6. The van der Waals surface area contributed by atoms with E-state index < -0.39 is 34.3 Å². The van der Waals surface area contributed by atoms with Gasteiger partial charge in [-0.2, -0.15) is 13.2 Å². The number of methoxy groups -OCH3 is 3. The van der Waals surface area contributed by atoms with E-state index in [0.717, 1.165) is 24.5 Å². The lowest BCUT2D eigenvalue weighted by atomic mass is 10.1. The van der Waals surface area contributed by atoms with E-state index in [4.69, 9.17) is 24.1 Å². The Bertz CT molecular complexity index is 1480. The van der Waals surface area contributed by atoms with Gasteiger partial charge in [0.2, 0.25) is 15.8 Å². The first-order chi connectivity index (χ1) is 18.5. The summed E-state index contributed by atoms with van der Waals surface area (Å²) in [7, 11) is 1.35. The number of sulfonamides is 1. The van der Waals surface area contributed by atoms with E-state index in [-0.39, 0.29) is 33.3 Å². The molecule has 0 radical (unpaired) electrons. The fourth-order valence-corrected chi connectivity index (χ4v) is 3.77. The highest BCUT2D eigenvalue weighted by atomic mass is 32.2. The van der Waals surface area contributed by atoms with Gasteiger partial charge in [0.1, 0.15) is 12.1 Å². The van der Waals surface area contributed by atoms with Crippen LogP contribution in [0.5, 0.6) is 23.0 Å². The molecule has 1 heterocycles. The first-order valence-corrected chi connectivity index (χ1v) is 11.8. The lowest BCUT2D eigenvalue weighted by molar-refractivity contribution is -0.274. The lowest BCUT2D eigenvalue weighted by Crippen LogP contribution is -2.21. The van der Waals surface area contributed by atoms with Crippen LogP contribution < -0.4 is 29.0 Å². The number of hydrogen-bond acceptors (Lipinski definition) is 10. The van der Waals surface area contributed by atoms with Gasteiger partial charge >= 0.3 is 18.5 Å².